The second-order valence-corrected chi connectivity index (χ2v) is 4.89. The highest BCUT2D eigenvalue weighted by Gasteiger charge is 2.04. The van der Waals surface area contributed by atoms with Gasteiger partial charge in [-0.05, 0) is 30.3 Å². The van der Waals surface area contributed by atoms with Crippen molar-refractivity contribution in [3.63, 3.8) is 0 Å². The molecule has 1 aromatic carbocycles. The van der Waals surface area contributed by atoms with Crippen LogP contribution in [0.15, 0.2) is 47.8 Å². The highest BCUT2D eigenvalue weighted by atomic mass is 35.5. The molecule has 0 bridgehead atoms. The maximum absolute atomic E-state index is 5.73. The quantitative estimate of drug-likeness (QED) is 0.568. The van der Waals surface area contributed by atoms with Gasteiger partial charge in [-0.25, -0.2) is 4.98 Å². The number of nitrogen functional groups attached to an aromatic ring is 1. The second kappa shape index (κ2) is 7.38. The molecule has 0 atom stereocenters. The Bertz CT molecular complexity index is 672. The van der Waals surface area contributed by atoms with Crippen molar-refractivity contribution in [2.75, 3.05) is 5.73 Å². The zero-order valence-corrected chi connectivity index (χ0v) is 12.9. The number of aromatic nitrogens is 3. The Morgan fingerprint density at radius 1 is 1.15 bits per heavy atom. The van der Waals surface area contributed by atoms with Crippen LogP contribution in [0.3, 0.4) is 0 Å². The van der Waals surface area contributed by atoms with Crippen molar-refractivity contribution in [3.05, 3.63) is 48.3 Å². The SMILES string of the molecule is Cl.Cl.Nc1ccc2nc(SCc3ccccn3)[nH]c2c1. The molecule has 0 unspecified atom stereocenters. The van der Waals surface area contributed by atoms with E-state index in [9.17, 15) is 0 Å². The van der Waals surface area contributed by atoms with Crippen LogP contribution < -0.4 is 5.73 Å². The van der Waals surface area contributed by atoms with Gasteiger partial charge in [0.15, 0.2) is 5.16 Å². The maximum atomic E-state index is 5.73. The van der Waals surface area contributed by atoms with Gasteiger partial charge in [0, 0.05) is 17.6 Å². The van der Waals surface area contributed by atoms with Gasteiger partial charge in [0.1, 0.15) is 0 Å². The normalized spacial score (nSPS) is 9.80. The van der Waals surface area contributed by atoms with Crippen molar-refractivity contribution in [2.24, 2.45) is 0 Å². The third kappa shape index (κ3) is 3.79. The molecule has 0 aliphatic carbocycles. The van der Waals surface area contributed by atoms with Crippen LogP contribution in [-0.2, 0) is 5.75 Å². The lowest BCUT2D eigenvalue weighted by atomic mass is 10.3. The molecule has 2 heterocycles. The Labute approximate surface area is 133 Å². The van der Waals surface area contributed by atoms with E-state index >= 15 is 0 Å². The molecule has 0 aliphatic rings. The van der Waals surface area contributed by atoms with E-state index in [1.165, 1.54) is 0 Å². The molecule has 0 spiro atoms. The van der Waals surface area contributed by atoms with E-state index < -0.39 is 0 Å². The molecule has 7 heteroatoms. The van der Waals surface area contributed by atoms with Gasteiger partial charge in [-0.15, -0.1) is 24.8 Å². The van der Waals surface area contributed by atoms with E-state index in [0.29, 0.717) is 0 Å². The van der Waals surface area contributed by atoms with E-state index in [1.807, 2.05) is 36.4 Å². The number of nitrogens with zero attached hydrogens (tertiary/aromatic N) is 2. The van der Waals surface area contributed by atoms with Gasteiger partial charge in [-0.1, -0.05) is 17.8 Å². The minimum atomic E-state index is 0. The molecule has 0 amide bonds. The summed E-state index contributed by atoms with van der Waals surface area (Å²) in [5, 5.41) is 0.890. The van der Waals surface area contributed by atoms with Gasteiger partial charge in [-0.3, -0.25) is 4.98 Å². The van der Waals surface area contributed by atoms with Gasteiger partial charge < -0.3 is 10.7 Å². The van der Waals surface area contributed by atoms with Crippen molar-refractivity contribution in [2.45, 2.75) is 10.9 Å². The first kappa shape index (κ1) is 16.6. The molecule has 3 rings (SSSR count). The number of benzene rings is 1. The standard InChI is InChI=1S/C13H12N4S.2ClH/c14-9-4-5-11-12(7-9)17-13(16-11)18-8-10-3-1-2-6-15-10;;/h1-7H,8,14H2,(H,16,17);2*1H. The topological polar surface area (TPSA) is 67.6 Å². The summed E-state index contributed by atoms with van der Waals surface area (Å²) in [4.78, 5) is 12.0. The number of pyridine rings is 1. The first-order valence-electron chi connectivity index (χ1n) is 5.59. The third-order valence-electron chi connectivity index (χ3n) is 2.57. The number of halogens is 2. The molecule has 4 nitrogen and oxygen atoms in total. The number of anilines is 1. The summed E-state index contributed by atoms with van der Waals surface area (Å²) in [7, 11) is 0. The molecule has 2 aromatic heterocycles. The van der Waals surface area contributed by atoms with Crippen molar-refractivity contribution >= 4 is 53.3 Å². The van der Waals surface area contributed by atoms with Gasteiger partial charge in [0.05, 0.1) is 16.7 Å². The van der Waals surface area contributed by atoms with Gasteiger partial charge in [-0.2, -0.15) is 0 Å². The fourth-order valence-corrected chi connectivity index (χ4v) is 2.50. The molecule has 3 aromatic rings. The lowest BCUT2D eigenvalue weighted by molar-refractivity contribution is 1.07. The summed E-state index contributed by atoms with van der Waals surface area (Å²) in [6.07, 6.45) is 1.80. The predicted molar refractivity (Wildman–Crippen MR) is 88.8 cm³/mol. The van der Waals surface area contributed by atoms with Crippen molar-refractivity contribution in [3.8, 4) is 0 Å². The molecule has 3 N–H and O–H groups in total. The fraction of sp³-hybridized carbons (Fsp3) is 0.0769. The fourth-order valence-electron chi connectivity index (χ4n) is 1.70. The van der Waals surface area contributed by atoms with Crippen LogP contribution in [0.2, 0.25) is 0 Å². The number of aromatic amines is 1. The Hall–Kier alpha value is -1.43. The molecule has 0 saturated heterocycles. The molecular weight excluding hydrogens is 315 g/mol. The Morgan fingerprint density at radius 3 is 2.75 bits per heavy atom. The minimum Gasteiger partial charge on any atom is -0.399 e. The van der Waals surface area contributed by atoms with Crippen LogP contribution in [0.4, 0.5) is 5.69 Å². The van der Waals surface area contributed by atoms with Gasteiger partial charge >= 0.3 is 0 Å². The molecule has 0 fully saturated rings. The number of hydrogen-bond acceptors (Lipinski definition) is 4. The number of thioether (sulfide) groups is 1. The summed E-state index contributed by atoms with van der Waals surface area (Å²) in [6, 6.07) is 11.6. The molecular formula is C13H14Cl2N4S. The highest BCUT2D eigenvalue weighted by Crippen LogP contribution is 2.23. The number of rotatable bonds is 3. The number of imidazole rings is 1. The Balaban J connectivity index is 0.000001000. The maximum Gasteiger partial charge on any atom is 0.166 e. The summed E-state index contributed by atoms with van der Waals surface area (Å²) >= 11 is 1.64. The number of H-pyrrole nitrogens is 1. The van der Waals surface area contributed by atoms with Gasteiger partial charge in [0.2, 0.25) is 0 Å². The average Bonchev–Trinajstić information content (AvgIpc) is 2.79. The first-order valence-corrected chi connectivity index (χ1v) is 6.58. The van der Waals surface area contributed by atoms with Crippen molar-refractivity contribution in [1.82, 2.24) is 15.0 Å². The zero-order chi connectivity index (χ0) is 12.4. The van der Waals surface area contributed by atoms with Crippen LogP contribution in [0.25, 0.3) is 11.0 Å². The largest absolute Gasteiger partial charge is 0.399 e. The lowest BCUT2D eigenvalue weighted by Gasteiger charge is -1.96. The third-order valence-corrected chi connectivity index (χ3v) is 3.47. The van der Waals surface area contributed by atoms with E-state index in [2.05, 4.69) is 15.0 Å². The molecule has 0 aliphatic heterocycles. The van der Waals surface area contributed by atoms with Crippen molar-refractivity contribution < 1.29 is 0 Å². The Morgan fingerprint density at radius 2 is 2.00 bits per heavy atom. The molecule has 0 radical (unpaired) electrons. The first-order chi connectivity index (χ1) is 8.81. The van der Waals surface area contributed by atoms with Crippen LogP contribution in [0.1, 0.15) is 5.69 Å². The summed E-state index contributed by atoms with van der Waals surface area (Å²) < 4.78 is 0. The molecule has 20 heavy (non-hydrogen) atoms. The monoisotopic (exact) mass is 328 g/mol. The molecule has 0 saturated carbocycles. The van der Waals surface area contributed by atoms with Gasteiger partial charge in [0.25, 0.3) is 0 Å². The van der Waals surface area contributed by atoms with E-state index in [4.69, 9.17) is 5.73 Å². The number of nitrogens with two attached hydrogens (primary N) is 1. The van der Waals surface area contributed by atoms with Crippen LogP contribution in [-0.4, -0.2) is 15.0 Å². The van der Waals surface area contributed by atoms with E-state index in [-0.39, 0.29) is 24.8 Å². The number of hydrogen-bond donors (Lipinski definition) is 2. The lowest BCUT2D eigenvalue weighted by Crippen LogP contribution is -1.85. The minimum absolute atomic E-state index is 0. The smallest absolute Gasteiger partial charge is 0.166 e. The second-order valence-electron chi connectivity index (χ2n) is 3.93. The highest BCUT2D eigenvalue weighted by molar-refractivity contribution is 7.98. The summed E-state index contributed by atoms with van der Waals surface area (Å²) in [6.45, 7) is 0. The van der Waals surface area contributed by atoms with Crippen LogP contribution in [0, 0.1) is 0 Å². The summed E-state index contributed by atoms with van der Waals surface area (Å²) in [5.41, 5.74) is 9.43. The van der Waals surface area contributed by atoms with E-state index in [0.717, 1.165) is 33.3 Å². The van der Waals surface area contributed by atoms with Crippen LogP contribution in [0.5, 0.6) is 0 Å². The number of nitrogens with one attached hydrogen (secondary N) is 1. The Kier molecular flexibility index (Phi) is 6.13. The summed E-state index contributed by atoms with van der Waals surface area (Å²) in [5.74, 6) is 0.802. The zero-order valence-electron chi connectivity index (χ0n) is 10.4. The van der Waals surface area contributed by atoms with Crippen molar-refractivity contribution in [1.29, 1.82) is 0 Å². The predicted octanol–water partition coefficient (Wildman–Crippen LogP) is 3.68. The molecule has 106 valence electrons. The number of fused-ring (bicyclic) bond motifs is 1. The van der Waals surface area contributed by atoms with E-state index in [1.54, 1.807) is 18.0 Å². The average molecular weight is 329 g/mol. The van der Waals surface area contributed by atoms with Crippen LogP contribution >= 0.6 is 36.6 Å².